The quantitative estimate of drug-likeness (QED) is 0.801. The SMILES string of the molecule is CCCn1ncc(Cl)c1C(O)C(=O)OCC. The van der Waals surface area contributed by atoms with Gasteiger partial charge in [-0.25, -0.2) is 4.79 Å². The summed E-state index contributed by atoms with van der Waals surface area (Å²) in [5, 5.41) is 14.0. The molecule has 16 heavy (non-hydrogen) atoms. The Morgan fingerprint density at radius 3 is 2.94 bits per heavy atom. The lowest BCUT2D eigenvalue weighted by Gasteiger charge is -2.12. The molecule has 6 heteroatoms. The second-order valence-electron chi connectivity index (χ2n) is 3.26. The molecule has 0 amide bonds. The molecule has 1 aromatic heterocycles. The molecule has 5 nitrogen and oxygen atoms in total. The number of aliphatic hydroxyl groups excluding tert-OH is 1. The second kappa shape index (κ2) is 5.86. The molecular formula is C10H15ClN2O3. The van der Waals surface area contributed by atoms with Gasteiger partial charge in [-0.05, 0) is 13.3 Å². The predicted molar refractivity (Wildman–Crippen MR) is 59.1 cm³/mol. The average Bonchev–Trinajstić information content (AvgIpc) is 2.60. The van der Waals surface area contributed by atoms with E-state index in [0.29, 0.717) is 12.2 Å². The van der Waals surface area contributed by atoms with Crippen LogP contribution < -0.4 is 0 Å². The van der Waals surface area contributed by atoms with Crippen LogP contribution in [-0.4, -0.2) is 27.5 Å². The molecule has 1 rings (SSSR count). The lowest BCUT2D eigenvalue weighted by Crippen LogP contribution is -2.19. The van der Waals surface area contributed by atoms with Crippen molar-refractivity contribution in [1.29, 1.82) is 0 Å². The van der Waals surface area contributed by atoms with Gasteiger partial charge in [-0.3, -0.25) is 4.68 Å². The minimum atomic E-state index is -1.37. The van der Waals surface area contributed by atoms with Crippen molar-refractivity contribution in [3.8, 4) is 0 Å². The van der Waals surface area contributed by atoms with E-state index in [2.05, 4.69) is 5.10 Å². The lowest BCUT2D eigenvalue weighted by molar-refractivity contribution is -0.153. The summed E-state index contributed by atoms with van der Waals surface area (Å²) in [5.74, 6) is -0.706. The summed E-state index contributed by atoms with van der Waals surface area (Å²) in [7, 11) is 0. The van der Waals surface area contributed by atoms with Crippen molar-refractivity contribution in [2.24, 2.45) is 0 Å². The van der Waals surface area contributed by atoms with Gasteiger partial charge in [-0.2, -0.15) is 5.10 Å². The minimum absolute atomic E-state index is 0.218. The summed E-state index contributed by atoms with van der Waals surface area (Å²) in [5.41, 5.74) is 0.293. The zero-order valence-corrected chi connectivity index (χ0v) is 10.1. The predicted octanol–water partition coefficient (Wildman–Crippen LogP) is 1.54. The molecule has 0 radical (unpaired) electrons. The minimum Gasteiger partial charge on any atom is -0.464 e. The number of carbonyl (C=O) groups excluding carboxylic acids is 1. The van der Waals surface area contributed by atoms with Crippen LogP contribution >= 0.6 is 11.6 Å². The third-order valence-electron chi connectivity index (χ3n) is 2.04. The number of halogens is 1. The number of carbonyl (C=O) groups is 1. The zero-order valence-electron chi connectivity index (χ0n) is 9.31. The topological polar surface area (TPSA) is 64.3 Å². The molecule has 0 aliphatic carbocycles. The molecule has 90 valence electrons. The monoisotopic (exact) mass is 246 g/mol. The Morgan fingerprint density at radius 2 is 2.38 bits per heavy atom. The van der Waals surface area contributed by atoms with Crippen molar-refractivity contribution in [1.82, 2.24) is 9.78 Å². The molecule has 1 atom stereocenters. The first-order chi connectivity index (χ1) is 7.61. The van der Waals surface area contributed by atoms with E-state index in [1.807, 2.05) is 6.92 Å². The maximum atomic E-state index is 11.4. The van der Waals surface area contributed by atoms with Crippen LogP contribution in [0.1, 0.15) is 32.1 Å². The zero-order chi connectivity index (χ0) is 12.1. The van der Waals surface area contributed by atoms with Crippen molar-refractivity contribution >= 4 is 17.6 Å². The van der Waals surface area contributed by atoms with Crippen LogP contribution in [0.3, 0.4) is 0 Å². The lowest BCUT2D eigenvalue weighted by atomic mass is 10.2. The van der Waals surface area contributed by atoms with Crippen LogP contribution in [0.4, 0.5) is 0 Å². The van der Waals surface area contributed by atoms with Crippen molar-refractivity contribution in [3.05, 3.63) is 16.9 Å². The smallest absolute Gasteiger partial charge is 0.341 e. The normalized spacial score (nSPS) is 12.5. The van der Waals surface area contributed by atoms with Gasteiger partial charge in [0, 0.05) is 6.54 Å². The first kappa shape index (κ1) is 13.0. The van der Waals surface area contributed by atoms with Crippen molar-refractivity contribution in [2.75, 3.05) is 6.61 Å². The van der Waals surface area contributed by atoms with Crippen molar-refractivity contribution in [2.45, 2.75) is 32.9 Å². The highest BCUT2D eigenvalue weighted by atomic mass is 35.5. The van der Waals surface area contributed by atoms with Gasteiger partial charge >= 0.3 is 5.97 Å². The van der Waals surface area contributed by atoms with Crippen LogP contribution in [0.25, 0.3) is 0 Å². The van der Waals surface area contributed by atoms with Gasteiger partial charge in [-0.15, -0.1) is 0 Å². The fraction of sp³-hybridized carbons (Fsp3) is 0.600. The molecule has 1 heterocycles. The molecule has 0 fully saturated rings. The Labute approximate surface area is 99.0 Å². The molecule has 1 aromatic rings. The Hall–Kier alpha value is -1.07. The number of esters is 1. The number of rotatable bonds is 5. The molecular weight excluding hydrogens is 232 g/mol. The molecule has 0 aliphatic rings. The number of nitrogens with zero attached hydrogens (tertiary/aromatic N) is 2. The summed E-state index contributed by atoms with van der Waals surface area (Å²) in [4.78, 5) is 11.4. The van der Waals surface area contributed by atoms with Gasteiger partial charge in [0.1, 0.15) is 0 Å². The van der Waals surface area contributed by atoms with Crippen LogP contribution in [-0.2, 0) is 16.1 Å². The van der Waals surface area contributed by atoms with E-state index in [0.717, 1.165) is 6.42 Å². The Kier molecular flexibility index (Phi) is 4.76. The Morgan fingerprint density at radius 1 is 1.69 bits per heavy atom. The third-order valence-corrected chi connectivity index (χ3v) is 2.33. The Bertz CT molecular complexity index is 365. The highest BCUT2D eigenvalue weighted by Gasteiger charge is 2.25. The van der Waals surface area contributed by atoms with E-state index >= 15 is 0 Å². The van der Waals surface area contributed by atoms with Gasteiger partial charge in [0.15, 0.2) is 6.10 Å². The first-order valence-corrected chi connectivity index (χ1v) is 5.55. The maximum absolute atomic E-state index is 11.4. The van der Waals surface area contributed by atoms with Gasteiger partial charge in [0.05, 0.1) is 23.5 Å². The fourth-order valence-electron chi connectivity index (χ4n) is 1.37. The molecule has 0 spiro atoms. The van der Waals surface area contributed by atoms with E-state index < -0.39 is 12.1 Å². The summed E-state index contributed by atoms with van der Waals surface area (Å²) >= 11 is 5.87. The molecule has 1 unspecified atom stereocenters. The number of aromatic nitrogens is 2. The second-order valence-corrected chi connectivity index (χ2v) is 3.66. The fourth-order valence-corrected chi connectivity index (χ4v) is 1.61. The van der Waals surface area contributed by atoms with Crippen LogP contribution in [0.5, 0.6) is 0 Å². The molecule has 0 saturated carbocycles. The van der Waals surface area contributed by atoms with Crippen molar-refractivity contribution in [3.63, 3.8) is 0 Å². The highest BCUT2D eigenvalue weighted by Crippen LogP contribution is 2.23. The molecule has 0 bridgehead atoms. The molecule has 0 aliphatic heterocycles. The van der Waals surface area contributed by atoms with Crippen molar-refractivity contribution < 1.29 is 14.6 Å². The standard InChI is InChI=1S/C10H15ClN2O3/c1-3-5-13-8(7(11)6-12-13)9(14)10(15)16-4-2/h6,9,14H,3-5H2,1-2H3. The summed E-state index contributed by atoms with van der Waals surface area (Å²) in [6.45, 7) is 4.46. The van der Waals surface area contributed by atoms with Gasteiger partial charge in [0.25, 0.3) is 0 Å². The summed E-state index contributed by atoms with van der Waals surface area (Å²) < 4.78 is 6.24. The van der Waals surface area contributed by atoms with E-state index in [9.17, 15) is 9.90 Å². The first-order valence-electron chi connectivity index (χ1n) is 5.17. The van der Waals surface area contributed by atoms with Crippen LogP contribution in [0.15, 0.2) is 6.20 Å². The highest BCUT2D eigenvalue weighted by molar-refractivity contribution is 6.31. The number of aliphatic hydroxyl groups is 1. The van der Waals surface area contributed by atoms with Gasteiger partial charge in [0.2, 0.25) is 0 Å². The third kappa shape index (κ3) is 2.74. The number of ether oxygens (including phenoxy) is 1. The molecule has 0 saturated heterocycles. The van der Waals surface area contributed by atoms with E-state index in [-0.39, 0.29) is 11.6 Å². The van der Waals surface area contributed by atoms with Crippen LogP contribution in [0.2, 0.25) is 5.02 Å². The van der Waals surface area contributed by atoms with Crippen LogP contribution in [0, 0.1) is 0 Å². The molecule has 1 N–H and O–H groups in total. The van der Waals surface area contributed by atoms with E-state index in [4.69, 9.17) is 16.3 Å². The maximum Gasteiger partial charge on any atom is 0.341 e. The molecule has 0 aromatic carbocycles. The average molecular weight is 247 g/mol. The largest absolute Gasteiger partial charge is 0.464 e. The number of hydrogen-bond donors (Lipinski definition) is 1. The number of hydrogen-bond acceptors (Lipinski definition) is 4. The summed E-state index contributed by atoms with van der Waals surface area (Å²) in [6.07, 6.45) is 0.872. The number of aryl methyl sites for hydroxylation is 1. The summed E-state index contributed by atoms with van der Waals surface area (Å²) in [6, 6.07) is 0. The van der Waals surface area contributed by atoms with Gasteiger partial charge in [-0.1, -0.05) is 18.5 Å². The Balaban J connectivity index is 2.92. The van der Waals surface area contributed by atoms with Gasteiger partial charge < -0.3 is 9.84 Å². The van der Waals surface area contributed by atoms with E-state index in [1.54, 1.807) is 6.92 Å². The van der Waals surface area contributed by atoms with E-state index in [1.165, 1.54) is 10.9 Å².